The molecule has 2 heterocycles. The Balaban J connectivity index is 1.62. The second kappa shape index (κ2) is 10.2. The minimum Gasteiger partial charge on any atom is -0.493 e. The van der Waals surface area contributed by atoms with Crippen molar-refractivity contribution < 1.29 is 31.5 Å². The Morgan fingerprint density at radius 3 is 2.34 bits per heavy atom. The van der Waals surface area contributed by atoms with Crippen molar-refractivity contribution in [2.24, 2.45) is 0 Å². The van der Waals surface area contributed by atoms with Crippen LogP contribution in [0.2, 0.25) is 0 Å². The van der Waals surface area contributed by atoms with Gasteiger partial charge in [-0.3, -0.25) is 14.3 Å². The van der Waals surface area contributed by atoms with Gasteiger partial charge in [-0.2, -0.15) is 13.2 Å². The molecule has 1 amide bonds. The molecule has 0 aliphatic rings. The summed E-state index contributed by atoms with van der Waals surface area (Å²) in [6.45, 7) is 1.39. The average Bonchev–Trinajstić information content (AvgIpc) is 3.08. The van der Waals surface area contributed by atoms with Gasteiger partial charge in [-0.05, 0) is 48.4 Å². The summed E-state index contributed by atoms with van der Waals surface area (Å²) in [5.74, 6) is -0.783. The number of anilines is 1. The smallest absolute Gasteiger partial charge is 0.493 e. The number of amides is 1. The maximum Gasteiger partial charge on any atom is 0.501 e. The molecule has 2 N–H and O–H groups in total. The summed E-state index contributed by atoms with van der Waals surface area (Å²) < 4.78 is 63.8. The number of nitrogens with one attached hydrogen (secondary N) is 1. The van der Waals surface area contributed by atoms with Gasteiger partial charge in [0.25, 0.3) is 9.84 Å². The van der Waals surface area contributed by atoms with Crippen molar-refractivity contribution in [3.05, 3.63) is 100 Å². The third-order valence-corrected chi connectivity index (χ3v) is 7.30. The molecule has 0 aliphatic carbocycles. The lowest BCUT2D eigenvalue weighted by Crippen LogP contribution is -2.25. The zero-order valence-corrected chi connectivity index (χ0v) is 20.6. The van der Waals surface area contributed by atoms with E-state index in [4.69, 9.17) is 0 Å². The van der Waals surface area contributed by atoms with Crippen molar-refractivity contribution in [1.82, 2.24) is 14.1 Å². The molecule has 2 aromatic carbocycles. The zero-order valence-electron chi connectivity index (χ0n) is 19.8. The van der Waals surface area contributed by atoms with Gasteiger partial charge in [-0.25, -0.2) is 17.8 Å². The van der Waals surface area contributed by atoms with E-state index in [0.717, 1.165) is 22.3 Å². The number of alkyl halides is 3. The number of imidazole rings is 1. The van der Waals surface area contributed by atoms with Gasteiger partial charge in [0.2, 0.25) is 11.8 Å². The third-order valence-electron chi connectivity index (χ3n) is 5.79. The number of halogens is 3. The van der Waals surface area contributed by atoms with Gasteiger partial charge in [0, 0.05) is 6.20 Å². The van der Waals surface area contributed by atoms with Gasteiger partial charge in [-0.15, -0.1) is 0 Å². The van der Waals surface area contributed by atoms with Gasteiger partial charge in [0.15, 0.2) is 0 Å². The Hall–Kier alpha value is -4.39. The average molecular weight is 547 g/mol. The first-order valence-corrected chi connectivity index (χ1v) is 12.6. The molecule has 38 heavy (non-hydrogen) atoms. The molecule has 0 unspecified atom stereocenters. The molecule has 198 valence electrons. The zero-order chi connectivity index (χ0) is 27.7. The van der Waals surface area contributed by atoms with Crippen LogP contribution in [0.15, 0.2) is 82.7 Å². The molecular formula is C25H21F3N4O5S. The second-order valence-electron chi connectivity index (χ2n) is 8.30. The normalized spacial score (nSPS) is 11.9. The summed E-state index contributed by atoms with van der Waals surface area (Å²) in [7, 11) is -5.57. The lowest BCUT2D eigenvalue weighted by molar-refractivity contribution is -0.115. The molecule has 0 saturated carbocycles. The number of hydrogen-bond donors (Lipinski definition) is 2. The molecule has 0 saturated heterocycles. The van der Waals surface area contributed by atoms with Crippen LogP contribution in [0.4, 0.5) is 18.9 Å². The van der Waals surface area contributed by atoms with Gasteiger partial charge in [0.1, 0.15) is 0 Å². The highest BCUT2D eigenvalue weighted by Gasteiger charge is 2.46. The lowest BCUT2D eigenvalue weighted by atomic mass is 10.1. The van der Waals surface area contributed by atoms with E-state index in [1.54, 1.807) is 6.07 Å². The fourth-order valence-corrected chi connectivity index (χ4v) is 4.55. The molecule has 0 spiro atoms. The fourth-order valence-electron chi connectivity index (χ4n) is 3.78. The molecule has 0 atom stereocenters. The van der Waals surface area contributed by atoms with E-state index >= 15 is 0 Å². The number of carbonyl (C=O) groups excluding carboxylic acids is 1. The number of nitrogens with zero attached hydrogens (tertiary/aromatic N) is 3. The molecule has 0 fully saturated rings. The number of aromatic nitrogens is 3. The third kappa shape index (κ3) is 5.18. The predicted molar refractivity (Wildman–Crippen MR) is 132 cm³/mol. The summed E-state index contributed by atoms with van der Waals surface area (Å²) in [5, 5.41) is 13.4. The Bertz CT molecular complexity index is 1650. The van der Waals surface area contributed by atoms with Crippen LogP contribution in [0, 0.1) is 6.92 Å². The summed E-state index contributed by atoms with van der Waals surface area (Å²) >= 11 is 0. The van der Waals surface area contributed by atoms with Crippen LogP contribution in [0.1, 0.15) is 16.8 Å². The van der Waals surface area contributed by atoms with Crippen LogP contribution < -0.4 is 11.0 Å². The second-order valence-corrected chi connectivity index (χ2v) is 10.2. The van der Waals surface area contributed by atoms with Crippen LogP contribution in [-0.4, -0.2) is 39.1 Å². The molecule has 0 bridgehead atoms. The van der Waals surface area contributed by atoms with Crippen molar-refractivity contribution >= 4 is 21.4 Å². The number of pyridine rings is 1. The van der Waals surface area contributed by atoms with E-state index in [-0.39, 0.29) is 30.3 Å². The van der Waals surface area contributed by atoms with E-state index in [0.29, 0.717) is 23.4 Å². The molecule has 2 aromatic heterocycles. The van der Waals surface area contributed by atoms with E-state index in [1.165, 1.54) is 23.9 Å². The standard InChI is InChI=1S/C25H21F3N4O5S/c1-16-23(34)32(19-7-9-20(10-8-19)38(36,37)25(26,27)28)24(35)31(16)15-18-11-12-29-14-21(18)30-22(33)13-17-5-3-2-4-6-17/h2-12,14,34H,13,15H2,1H3,(H,30,33). The Labute approximate surface area is 214 Å². The molecular weight excluding hydrogens is 525 g/mol. The maximum atomic E-state index is 13.2. The van der Waals surface area contributed by atoms with Gasteiger partial charge in [-0.1, -0.05) is 30.3 Å². The van der Waals surface area contributed by atoms with Crippen molar-refractivity contribution in [1.29, 1.82) is 0 Å². The first-order chi connectivity index (χ1) is 17.9. The minimum absolute atomic E-state index is 0.0402. The number of rotatable bonds is 7. The van der Waals surface area contributed by atoms with Crippen molar-refractivity contribution in [3.63, 3.8) is 0 Å². The van der Waals surface area contributed by atoms with Crippen LogP contribution in [0.25, 0.3) is 5.69 Å². The maximum absolute atomic E-state index is 13.2. The Morgan fingerprint density at radius 1 is 1.05 bits per heavy atom. The first kappa shape index (κ1) is 26.7. The van der Waals surface area contributed by atoms with Crippen LogP contribution in [0.5, 0.6) is 5.88 Å². The highest BCUT2D eigenvalue weighted by Crippen LogP contribution is 2.31. The van der Waals surface area contributed by atoms with Gasteiger partial charge >= 0.3 is 11.2 Å². The van der Waals surface area contributed by atoms with Gasteiger partial charge < -0.3 is 10.4 Å². The summed E-state index contributed by atoms with van der Waals surface area (Å²) in [4.78, 5) is 28.8. The Kier molecular flexibility index (Phi) is 7.14. The quantitative estimate of drug-likeness (QED) is 0.365. The summed E-state index contributed by atoms with van der Waals surface area (Å²) in [6, 6.07) is 14.1. The molecule has 13 heteroatoms. The van der Waals surface area contributed by atoms with Crippen LogP contribution in [-0.2, 0) is 27.6 Å². The SMILES string of the molecule is Cc1c(O)n(-c2ccc(S(=O)(=O)C(F)(F)F)cc2)c(=O)n1Cc1ccncc1NC(=O)Cc1ccccc1. The molecule has 0 aliphatic heterocycles. The van der Waals surface area contributed by atoms with Crippen LogP contribution in [0.3, 0.4) is 0 Å². The predicted octanol–water partition coefficient (Wildman–Crippen LogP) is 3.57. The first-order valence-electron chi connectivity index (χ1n) is 11.1. The molecule has 0 radical (unpaired) electrons. The fraction of sp³-hybridized carbons (Fsp3) is 0.160. The lowest BCUT2D eigenvalue weighted by Gasteiger charge is -2.12. The minimum atomic E-state index is -5.57. The Morgan fingerprint density at radius 2 is 1.71 bits per heavy atom. The topological polar surface area (TPSA) is 123 Å². The van der Waals surface area contributed by atoms with E-state index in [2.05, 4.69) is 10.3 Å². The number of carbonyl (C=O) groups is 1. The summed E-state index contributed by atoms with van der Waals surface area (Å²) in [5.41, 5.74) is -4.44. The molecule has 4 aromatic rings. The van der Waals surface area contributed by atoms with E-state index < -0.39 is 31.8 Å². The van der Waals surface area contributed by atoms with E-state index in [9.17, 15) is 36.3 Å². The molecule has 9 nitrogen and oxygen atoms in total. The largest absolute Gasteiger partial charge is 0.501 e. The highest BCUT2D eigenvalue weighted by molar-refractivity contribution is 7.92. The van der Waals surface area contributed by atoms with Crippen LogP contribution >= 0.6 is 0 Å². The monoisotopic (exact) mass is 546 g/mol. The highest BCUT2D eigenvalue weighted by atomic mass is 32.2. The number of hydrogen-bond acceptors (Lipinski definition) is 6. The number of sulfone groups is 1. The number of aromatic hydroxyl groups is 1. The van der Waals surface area contributed by atoms with Gasteiger partial charge in [0.05, 0.1) is 41.1 Å². The van der Waals surface area contributed by atoms with Crippen molar-refractivity contribution in [2.45, 2.75) is 30.3 Å². The summed E-state index contributed by atoms with van der Waals surface area (Å²) in [6.07, 6.45) is 3.01. The molecule has 4 rings (SSSR count). The number of benzene rings is 2. The van der Waals surface area contributed by atoms with Crippen molar-refractivity contribution in [3.8, 4) is 11.6 Å². The van der Waals surface area contributed by atoms with Crippen molar-refractivity contribution in [2.75, 3.05) is 5.32 Å². The van der Waals surface area contributed by atoms with E-state index in [1.807, 2.05) is 30.3 Å².